The molecule has 2 fully saturated rings. The van der Waals surface area contributed by atoms with Crippen molar-refractivity contribution < 1.29 is 9.53 Å². The van der Waals surface area contributed by atoms with Crippen LogP contribution in [0.1, 0.15) is 51.0 Å². The number of nitrogens with zero attached hydrogens (tertiary/aromatic N) is 2. The number of aromatic nitrogens is 1. The molecule has 0 spiro atoms. The van der Waals surface area contributed by atoms with E-state index in [1.807, 2.05) is 17.2 Å². The molecule has 0 bridgehead atoms. The van der Waals surface area contributed by atoms with E-state index in [4.69, 9.17) is 4.74 Å². The van der Waals surface area contributed by atoms with Gasteiger partial charge in [-0.3, -0.25) is 5.32 Å². The van der Waals surface area contributed by atoms with Gasteiger partial charge in [0.05, 0.1) is 6.10 Å². The van der Waals surface area contributed by atoms with Crippen LogP contribution in [-0.4, -0.2) is 42.2 Å². The summed E-state index contributed by atoms with van der Waals surface area (Å²) in [6, 6.07) is 3.93. The number of nitrogens with one attached hydrogen (secondary N) is 1. The fourth-order valence-electron chi connectivity index (χ4n) is 3.60. The molecular formula is C18H27N3O2. The molecule has 1 atom stereocenters. The summed E-state index contributed by atoms with van der Waals surface area (Å²) in [6.07, 6.45) is 6.81. The molecular weight excluding hydrogens is 290 g/mol. The highest BCUT2D eigenvalue weighted by Crippen LogP contribution is 2.36. The minimum absolute atomic E-state index is 0.0359. The Bertz CT molecular complexity index is 552. The van der Waals surface area contributed by atoms with Crippen molar-refractivity contribution in [3.05, 3.63) is 23.9 Å². The normalized spacial score (nSPS) is 24.1. The Kier molecular flexibility index (Phi) is 4.57. The molecule has 0 aromatic carbocycles. The van der Waals surface area contributed by atoms with Crippen LogP contribution in [0.5, 0.6) is 0 Å². The van der Waals surface area contributed by atoms with Crippen LogP contribution < -0.4 is 5.32 Å². The van der Waals surface area contributed by atoms with Crippen molar-refractivity contribution in [2.24, 2.45) is 5.41 Å². The quantitative estimate of drug-likeness (QED) is 0.926. The SMILES string of the molecule is COC1CCN(C(=O)Nc2ccc(C3CCC3)cn2)CC1(C)C. The second kappa shape index (κ2) is 6.48. The van der Waals surface area contributed by atoms with Gasteiger partial charge in [0.2, 0.25) is 0 Å². The van der Waals surface area contributed by atoms with Crippen molar-refractivity contribution in [3.63, 3.8) is 0 Å². The molecule has 23 heavy (non-hydrogen) atoms. The highest BCUT2D eigenvalue weighted by Gasteiger charge is 2.37. The number of likely N-dealkylation sites (tertiary alicyclic amines) is 1. The third kappa shape index (κ3) is 3.50. The van der Waals surface area contributed by atoms with Crippen LogP contribution in [0.2, 0.25) is 0 Å². The van der Waals surface area contributed by atoms with E-state index in [1.165, 1.54) is 24.8 Å². The average molecular weight is 317 g/mol. The van der Waals surface area contributed by atoms with E-state index >= 15 is 0 Å². The first kappa shape index (κ1) is 16.2. The number of hydrogen-bond acceptors (Lipinski definition) is 3. The molecule has 5 heteroatoms. The predicted molar refractivity (Wildman–Crippen MR) is 90.6 cm³/mol. The van der Waals surface area contributed by atoms with E-state index in [2.05, 4.69) is 30.2 Å². The molecule has 2 heterocycles. The number of carbonyl (C=O) groups excluding carboxylic acids is 1. The van der Waals surface area contributed by atoms with Crippen LogP contribution in [0, 0.1) is 5.41 Å². The highest BCUT2D eigenvalue weighted by atomic mass is 16.5. The summed E-state index contributed by atoms with van der Waals surface area (Å²) in [7, 11) is 1.75. The summed E-state index contributed by atoms with van der Waals surface area (Å²) in [4.78, 5) is 18.7. The van der Waals surface area contributed by atoms with E-state index in [0.717, 1.165) is 6.42 Å². The monoisotopic (exact) mass is 317 g/mol. The maximum Gasteiger partial charge on any atom is 0.323 e. The number of pyridine rings is 1. The van der Waals surface area contributed by atoms with Crippen LogP contribution in [0.15, 0.2) is 18.3 Å². The lowest BCUT2D eigenvalue weighted by Gasteiger charge is -2.43. The molecule has 1 aromatic rings. The van der Waals surface area contributed by atoms with Crippen molar-refractivity contribution in [2.45, 2.75) is 51.6 Å². The molecule has 1 aliphatic carbocycles. The van der Waals surface area contributed by atoms with Gasteiger partial charge in [-0.15, -0.1) is 0 Å². The minimum atomic E-state index is -0.0727. The largest absolute Gasteiger partial charge is 0.381 e. The first-order valence-electron chi connectivity index (χ1n) is 8.54. The van der Waals surface area contributed by atoms with Gasteiger partial charge in [0, 0.05) is 31.8 Å². The molecule has 3 rings (SSSR count). The Morgan fingerprint density at radius 3 is 2.65 bits per heavy atom. The highest BCUT2D eigenvalue weighted by molar-refractivity contribution is 5.88. The first-order chi connectivity index (χ1) is 11.0. The van der Waals surface area contributed by atoms with Gasteiger partial charge >= 0.3 is 6.03 Å². The van der Waals surface area contributed by atoms with Crippen molar-refractivity contribution >= 4 is 11.8 Å². The zero-order chi connectivity index (χ0) is 16.4. The second-order valence-electron chi connectivity index (χ2n) is 7.46. The molecule has 1 N–H and O–H groups in total. The Labute approximate surface area is 138 Å². The molecule has 126 valence electrons. The van der Waals surface area contributed by atoms with Gasteiger partial charge in [0.1, 0.15) is 5.82 Å². The standard InChI is InChI=1S/C18H27N3O2/c1-18(2)12-21(10-9-15(18)23-3)17(22)20-16-8-7-14(11-19-16)13-5-4-6-13/h7-8,11,13,15H,4-6,9-10,12H2,1-3H3,(H,19,20,22). The molecule has 5 nitrogen and oxygen atoms in total. The van der Waals surface area contributed by atoms with Gasteiger partial charge in [-0.1, -0.05) is 26.3 Å². The van der Waals surface area contributed by atoms with Crippen LogP contribution in [-0.2, 0) is 4.74 Å². The lowest BCUT2D eigenvalue weighted by atomic mass is 9.81. The summed E-state index contributed by atoms with van der Waals surface area (Å²) in [5, 5.41) is 2.92. The van der Waals surface area contributed by atoms with Gasteiger partial charge in [-0.05, 0) is 36.8 Å². The maximum absolute atomic E-state index is 12.5. The first-order valence-corrected chi connectivity index (χ1v) is 8.54. The van der Waals surface area contributed by atoms with Crippen molar-refractivity contribution in [2.75, 3.05) is 25.5 Å². The summed E-state index contributed by atoms with van der Waals surface area (Å²) in [5.41, 5.74) is 1.25. The number of amides is 2. The number of rotatable bonds is 3. The number of ether oxygens (including phenoxy) is 1. The van der Waals surface area contributed by atoms with E-state index in [0.29, 0.717) is 24.8 Å². The molecule has 1 aliphatic heterocycles. The van der Waals surface area contributed by atoms with Gasteiger partial charge in [0.15, 0.2) is 0 Å². The molecule has 1 saturated heterocycles. The second-order valence-corrected chi connectivity index (χ2v) is 7.46. The smallest absolute Gasteiger partial charge is 0.323 e. The zero-order valence-corrected chi connectivity index (χ0v) is 14.3. The van der Waals surface area contributed by atoms with Gasteiger partial charge < -0.3 is 9.64 Å². The molecule has 2 amide bonds. The summed E-state index contributed by atoms with van der Waals surface area (Å²) >= 11 is 0. The zero-order valence-electron chi connectivity index (χ0n) is 14.3. The van der Waals surface area contributed by atoms with Crippen LogP contribution in [0.25, 0.3) is 0 Å². The Balaban J connectivity index is 1.58. The summed E-state index contributed by atoms with van der Waals surface area (Å²) < 4.78 is 5.53. The number of urea groups is 1. The summed E-state index contributed by atoms with van der Waals surface area (Å²) in [6.45, 7) is 5.70. The van der Waals surface area contributed by atoms with Crippen molar-refractivity contribution in [1.82, 2.24) is 9.88 Å². The number of methoxy groups -OCH3 is 1. The maximum atomic E-state index is 12.5. The van der Waals surface area contributed by atoms with Crippen LogP contribution >= 0.6 is 0 Å². The van der Waals surface area contributed by atoms with E-state index < -0.39 is 0 Å². The average Bonchev–Trinajstić information content (AvgIpc) is 2.46. The minimum Gasteiger partial charge on any atom is -0.381 e. The van der Waals surface area contributed by atoms with Crippen molar-refractivity contribution in [3.8, 4) is 0 Å². The van der Waals surface area contributed by atoms with E-state index in [1.54, 1.807) is 7.11 Å². The predicted octanol–water partition coefficient (Wildman–Crippen LogP) is 3.63. The molecule has 1 aromatic heterocycles. The van der Waals surface area contributed by atoms with Crippen LogP contribution in [0.3, 0.4) is 0 Å². The van der Waals surface area contributed by atoms with Crippen LogP contribution in [0.4, 0.5) is 10.6 Å². The van der Waals surface area contributed by atoms with Crippen molar-refractivity contribution in [1.29, 1.82) is 0 Å². The van der Waals surface area contributed by atoms with Gasteiger partial charge in [0.25, 0.3) is 0 Å². The fraction of sp³-hybridized carbons (Fsp3) is 0.667. The third-order valence-corrected chi connectivity index (χ3v) is 5.30. The Hall–Kier alpha value is -1.62. The third-order valence-electron chi connectivity index (χ3n) is 5.30. The molecule has 2 aliphatic rings. The number of anilines is 1. The number of carbonyl (C=O) groups is 1. The summed E-state index contributed by atoms with van der Waals surface area (Å²) in [5.74, 6) is 1.30. The molecule has 1 unspecified atom stereocenters. The topological polar surface area (TPSA) is 54.5 Å². The number of piperidine rings is 1. The molecule has 1 saturated carbocycles. The lowest BCUT2D eigenvalue weighted by molar-refractivity contribution is -0.0394. The van der Waals surface area contributed by atoms with Gasteiger partial charge in [-0.2, -0.15) is 0 Å². The Morgan fingerprint density at radius 2 is 2.13 bits per heavy atom. The fourth-order valence-corrected chi connectivity index (χ4v) is 3.60. The van der Waals surface area contributed by atoms with E-state index in [-0.39, 0.29) is 17.6 Å². The molecule has 0 radical (unpaired) electrons. The van der Waals surface area contributed by atoms with E-state index in [9.17, 15) is 4.79 Å². The number of hydrogen-bond donors (Lipinski definition) is 1. The lowest BCUT2D eigenvalue weighted by Crippen LogP contribution is -2.52. The van der Waals surface area contributed by atoms with Gasteiger partial charge in [-0.25, -0.2) is 9.78 Å². The Morgan fingerprint density at radius 1 is 1.35 bits per heavy atom.